The van der Waals surface area contributed by atoms with Crippen LogP contribution >= 0.6 is 0 Å². The molecule has 0 heterocycles. The molecule has 1 nitrogen and oxygen atoms in total. The summed E-state index contributed by atoms with van der Waals surface area (Å²) in [6, 6.07) is 1.41. The number of hydrogen-bond acceptors (Lipinski definition) is 1. The summed E-state index contributed by atoms with van der Waals surface area (Å²) in [4.78, 5) is 0. The molecule has 0 saturated heterocycles. The van der Waals surface area contributed by atoms with E-state index in [0.717, 1.165) is 17.9 Å². The smallest absolute Gasteiger partial charge is 0.0121 e. The third-order valence-electron chi connectivity index (χ3n) is 2.37. The fourth-order valence-corrected chi connectivity index (χ4v) is 1.71. The first-order valence-electron chi connectivity index (χ1n) is 4.87. The maximum Gasteiger partial charge on any atom is 0.0121 e. The Bertz CT molecular complexity index is 112. The van der Waals surface area contributed by atoms with E-state index in [2.05, 4.69) is 33.0 Å². The van der Waals surface area contributed by atoms with Crippen molar-refractivity contribution in [3.8, 4) is 0 Å². The molecule has 0 radical (unpaired) electrons. The van der Waals surface area contributed by atoms with Gasteiger partial charge < -0.3 is 5.32 Å². The Balaban J connectivity index is 2.32. The largest absolute Gasteiger partial charge is 0.311 e. The van der Waals surface area contributed by atoms with Gasteiger partial charge in [0.25, 0.3) is 0 Å². The second-order valence-corrected chi connectivity index (χ2v) is 4.43. The average molecular weight is 155 g/mol. The normalized spacial score (nSPS) is 21.3. The van der Waals surface area contributed by atoms with Crippen molar-refractivity contribution >= 4 is 0 Å². The number of hydrogen-bond donors (Lipinski definition) is 1. The zero-order valence-electron chi connectivity index (χ0n) is 8.22. The van der Waals surface area contributed by atoms with Crippen LogP contribution in [-0.4, -0.2) is 12.1 Å². The highest BCUT2D eigenvalue weighted by molar-refractivity contribution is 4.88. The Kier molecular flexibility index (Phi) is 2.94. The van der Waals surface area contributed by atoms with Crippen LogP contribution in [0.3, 0.4) is 0 Å². The molecule has 0 bridgehead atoms. The SMILES string of the molecule is CC(C)N[C@H](C(C)C)C1CC1. The second-order valence-electron chi connectivity index (χ2n) is 4.43. The fourth-order valence-electron chi connectivity index (χ4n) is 1.71. The highest BCUT2D eigenvalue weighted by Gasteiger charge is 2.32. The zero-order chi connectivity index (χ0) is 8.43. The van der Waals surface area contributed by atoms with E-state index < -0.39 is 0 Å². The molecular weight excluding hydrogens is 134 g/mol. The summed E-state index contributed by atoms with van der Waals surface area (Å²) in [5, 5.41) is 3.64. The fraction of sp³-hybridized carbons (Fsp3) is 1.00. The van der Waals surface area contributed by atoms with Gasteiger partial charge in [0.05, 0.1) is 0 Å². The van der Waals surface area contributed by atoms with Gasteiger partial charge in [0.1, 0.15) is 0 Å². The van der Waals surface area contributed by atoms with E-state index in [-0.39, 0.29) is 0 Å². The molecule has 0 amide bonds. The minimum absolute atomic E-state index is 0.642. The van der Waals surface area contributed by atoms with Crippen LogP contribution in [0, 0.1) is 11.8 Å². The molecule has 1 aliphatic carbocycles. The van der Waals surface area contributed by atoms with Crippen LogP contribution in [0.25, 0.3) is 0 Å². The van der Waals surface area contributed by atoms with Crippen molar-refractivity contribution in [1.29, 1.82) is 0 Å². The lowest BCUT2D eigenvalue weighted by molar-refractivity contribution is 0.336. The third kappa shape index (κ3) is 2.82. The number of rotatable bonds is 4. The van der Waals surface area contributed by atoms with Crippen molar-refractivity contribution in [2.45, 2.75) is 52.6 Å². The summed E-state index contributed by atoms with van der Waals surface area (Å²) in [7, 11) is 0. The second kappa shape index (κ2) is 3.57. The summed E-state index contributed by atoms with van der Waals surface area (Å²) >= 11 is 0. The molecule has 1 N–H and O–H groups in total. The molecule has 1 rings (SSSR count). The zero-order valence-corrected chi connectivity index (χ0v) is 8.22. The maximum absolute atomic E-state index is 3.64. The van der Waals surface area contributed by atoms with Crippen molar-refractivity contribution < 1.29 is 0 Å². The van der Waals surface area contributed by atoms with Crippen molar-refractivity contribution in [3.05, 3.63) is 0 Å². The van der Waals surface area contributed by atoms with Crippen LogP contribution in [0.4, 0.5) is 0 Å². The van der Waals surface area contributed by atoms with Crippen LogP contribution in [0.15, 0.2) is 0 Å². The van der Waals surface area contributed by atoms with Crippen molar-refractivity contribution in [1.82, 2.24) is 5.32 Å². The maximum atomic E-state index is 3.64. The molecule has 0 unspecified atom stereocenters. The van der Waals surface area contributed by atoms with Crippen LogP contribution in [0.2, 0.25) is 0 Å². The molecule has 1 heteroatoms. The van der Waals surface area contributed by atoms with E-state index in [0.29, 0.717) is 6.04 Å². The molecule has 66 valence electrons. The first-order chi connectivity index (χ1) is 5.11. The lowest BCUT2D eigenvalue weighted by Gasteiger charge is -2.24. The van der Waals surface area contributed by atoms with Crippen LogP contribution in [0.5, 0.6) is 0 Å². The van der Waals surface area contributed by atoms with Gasteiger partial charge in [0, 0.05) is 12.1 Å². The molecule has 0 aromatic carbocycles. The topological polar surface area (TPSA) is 12.0 Å². The van der Waals surface area contributed by atoms with Gasteiger partial charge >= 0.3 is 0 Å². The highest BCUT2D eigenvalue weighted by atomic mass is 15.0. The lowest BCUT2D eigenvalue weighted by atomic mass is 9.99. The minimum Gasteiger partial charge on any atom is -0.311 e. The molecule has 0 aromatic rings. The standard InChI is InChI=1S/C10H21N/c1-7(2)10(9-5-6-9)11-8(3)4/h7-11H,5-6H2,1-4H3/t10-/m1/s1. The lowest BCUT2D eigenvalue weighted by Crippen LogP contribution is -2.40. The predicted octanol–water partition coefficient (Wildman–Crippen LogP) is 2.42. The Hall–Kier alpha value is -0.0400. The Labute approximate surface area is 70.6 Å². The van der Waals surface area contributed by atoms with E-state index in [1.165, 1.54) is 12.8 Å². The molecule has 1 aliphatic rings. The summed E-state index contributed by atoms with van der Waals surface area (Å²) < 4.78 is 0. The van der Waals surface area contributed by atoms with Gasteiger partial charge in [0.15, 0.2) is 0 Å². The van der Waals surface area contributed by atoms with Crippen LogP contribution in [-0.2, 0) is 0 Å². The molecule has 0 aromatic heterocycles. The molecule has 1 atom stereocenters. The van der Waals surface area contributed by atoms with E-state index in [4.69, 9.17) is 0 Å². The summed E-state index contributed by atoms with van der Waals surface area (Å²) in [5.74, 6) is 1.78. The summed E-state index contributed by atoms with van der Waals surface area (Å²) in [6.45, 7) is 9.10. The Morgan fingerprint density at radius 1 is 1.09 bits per heavy atom. The first-order valence-corrected chi connectivity index (χ1v) is 4.87. The molecule has 11 heavy (non-hydrogen) atoms. The van der Waals surface area contributed by atoms with E-state index >= 15 is 0 Å². The molecular formula is C10H21N. The number of nitrogens with one attached hydrogen (secondary N) is 1. The monoisotopic (exact) mass is 155 g/mol. The van der Waals surface area contributed by atoms with Crippen molar-refractivity contribution in [3.63, 3.8) is 0 Å². The third-order valence-corrected chi connectivity index (χ3v) is 2.37. The van der Waals surface area contributed by atoms with Gasteiger partial charge in [-0.05, 0) is 24.7 Å². The van der Waals surface area contributed by atoms with Gasteiger partial charge in [-0.2, -0.15) is 0 Å². The first kappa shape index (κ1) is 9.05. The van der Waals surface area contributed by atoms with Crippen molar-refractivity contribution in [2.75, 3.05) is 0 Å². The van der Waals surface area contributed by atoms with E-state index in [1.807, 2.05) is 0 Å². The molecule has 1 saturated carbocycles. The Morgan fingerprint density at radius 3 is 1.91 bits per heavy atom. The van der Waals surface area contributed by atoms with Crippen molar-refractivity contribution in [2.24, 2.45) is 11.8 Å². The van der Waals surface area contributed by atoms with Crippen LogP contribution in [0.1, 0.15) is 40.5 Å². The predicted molar refractivity (Wildman–Crippen MR) is 49.6 cm³/mol. The summed E-state index contributed by atoms with van der Waals surface area (Å²) in [5.41, 5.74) is 0. The van der Waals surface area contributed by atoms with E-state index in [9.17, 15) is 0 Å². The van der Waals surface area contributed by atoms with Gasteiger partial charge in [-0.3, -0.25) is 0 Å². The van der Waals surface area contributed by atoms with E-state index in [1.54, 1.807) is 0 Å². The van der Waals surface area contributed by atoms with Crippen LogP contribution < -0.4 is 5.32 Å². The molecule has 0 aliphatic heterocycles. The minimum atomic E-state index is 0.642. The quantitative estimate of drug-likeness (QED) is 0.657. The average Bonchev–Trinajstić information content (AvgIpc) is 2.63. The summed E-state index contributed by atoms with van der Waals surface area (Å²) in [6.07, 6.45) is 2.89. The highest BCUT2D eigenvalue weighted by Crippen LogP contribution is 2.35. The Morgan fingerprint density at radius 2 is 1.64 bits per heavy atom. The van der Waals surface area contributed by atoms with Gasteiger partial charge in [-0.15, -0.1) is 0 Å². The van der Waals surface area contributed by atoms with Gasteiger partial charge in [0.2, 0.25) is 0 Å². The van der Waals surface area contributed by atoms with Gasteiger partial charge in [-0.1, -0.05) is 27.7 Å². The molecule has 1 fully saturated rings. The molecule has 0 spiro atoms. The van der Waals surface area contributed by atoms with Gasteiger partial charge in [-0.25, -0.2) is 0 Å².